The molecular weight excluding hydrogens is 126 g/mol. The zero-order valence-electron chi connectivity index (χ0n) is 6.83. The number of hydrogen-bond acceptors (Lipinski definition) is 3. The fourth-order valence-electron chi connectivity index (χ4n) is 0.369. The minimum atomic E-state index is 0.961. The molecule has 0 aliphatic heterocycles. The Morgan fingerprint density at radius 1 is 1.50 bits per heavy atom. The molecule has 0 aromatic heterocycles. The Morgan fingerprint density at radius 2 is 2.20 bits per heavy atom. The van der Waals surface area contributed by atoms with Crippen LogP contribution in [-0.2, 0) is 0 Å². The van der Waals surface area contributed by atoms with Crippen molar-refractivity contribution in [2.75, 3.05) is 14.1 Å². The van der Waals surface area contributed by atoms with Crippen LogP contribution in [0.1, 0.15) is 13.3 Å². The standard InChI is InChI=1S/C7H15N3/c1-4-5-8-9-6-7-10(2)3/h5-7,9H,4H2,1-3H3/b7-6-,8-5-. The molecule has 0 bridgehead atoms. The lowest BCUT2D eigenvalue weighted by atomic mass is 10.6. The van der Waals surface area contributed by atoms with E-state index in [-0.39, 0.29) is 0 Å². The van der Waals surface area contributed by atoms with Gasteiger partial charge in [-0.2, -0.15) is 5.10 Å². The summed E-state index contributed by atoms with van der Waals surface area (Å²) in [5, 5.41) is 3.87. The van der Waals surface area contributed by atoms with E-state index in [0.717, 1.165) is 6.42 Å². The Hall–Kier alpha value is -0.990. The Bertz CT molecular complexity index is 116. The van der Waals surface area contributed by atoms with E-state index in [4.69, 9.17) is 0 Å². The first-order valence-corrected chi connectivity index (χ1v) is 3.37. The van der Waals surface area contributed by atoms with E-state index in [1.807, 2.05) is 38.3 Å². The molecule has 0 spiro atoms. The first-order chi connectivity index (χ1) is 4.77. The monoisotopic (exact) mass is 141 g/mol. The lowest BCUT2D eigenvalue weighted by Crippen LogP contribution is -2.03. The second kappa shape index (κ2) is 6.13. The molecule has 0 heterocycles. The van der Waals surface area contributed by atoms with Crippen molar-refractivity contribution in [2.45, 2.75) is 13.3 Å². The van der Waals surface area contributed by atoms with E-state index in [1.54, 1.807) is 6.20 Å². The lowest BCUT2D eigenvalue weighted by molar-refractivity contribution is 0.559. The number of hydrogen-bond donors (Lipinski definition) is 1. The van der Waals surface area contributed by atoms with Crippen LogP contribution in [0.15, 0.2) is 17.5 Å². The molecule has 0 fully saturated rings. The summed E-state index contributed by atoms with van der Waals surface area (Å²) in [7, 11) is 3.92. The van der Waals surface area contributed by atoms with Crippen LogP contribution in [0.25, 0.3) is 0 Å². The van der Waals surface area contributed by atoms with Crippen LogP contribution in [0.4, 0.5) is 0 Å². The third kappa shape index (κ3) is 7.01. The molecule has 0 aromatic carbocycles. The summed E-state index contributed by atoms with van der Waals surface area (Å²) < 4.78 is 0. The van der Waals surface area contributed by atoms with Gasteiger partial charge < -0.3 is 4.90 Å². The Morgan fingerprint density at radius 3 is 2.70 bits per heavy atom. The van der Waals surface area contributed by atoms with Crippen molar-refractivity contribution in [3.63, 3.8) is 0 Å². The highest BCUT2D eigenvalue weighted by Gasteiger charge is 1.71. The van der Waals surface area contributed by atoms with Gasteiger partial charge in [-0.25, -0.2) is 0 Å². The normalized spacial score (nSPS) is 11.1. The van der Waals surface area contributed by atoms with Gasteiger partial charge >= 0.3 is 0 Å². The molecule has 0 radical (unpaired) electrons. The summed E-state index contributed by atoms with van der Waals surface area (Å²) in [4.78, 5) is 1.94. The average Bonchev–Trinajstić information content (AvgIpc) is 1.87. The SMILES string of the molecule is CC/C=N\N/C=C\N(C)C. The summed E-state index contributed by atoms with van der Waals surface area (Å²) in [6.45, 7) is 2.04. The Labute approximate surface area is 62.4 Å². The molecule has 0 aromatic rings. The zero-order chi connectivity index (χ0) is 7.82. The molecule has 3 nitrogen and oxygen atoms in total. The largest absolute Gasteiger partial charge is 0.382 e. The lowest BCUT2D eigenvalue weighted by Gasteiger charge is -2.01. The molecule has 3 heteroatoms. The summed E-state index contributed by atoms with van der Waals surface area (Å²) in [5.41, 5.74) is 2.76. The van der Waals surface area contributed by atoms with Crippen molar-refractivity contribution in [1.29, 1.82) is 0 Å². The molecule has 0 rings (SSSR count). The van der Waals surface area contributed by atoms with E-state index >= 15 is 0 Å². The highest BCUT2D eigenvalue weighted by Crippen LogP contribution is 1.73. The van der Waals surface area contributed by atoms with E-state index in [9.17, 15) is 0 Å². The minimum absolute atomic E-state index is 0.961. The molecule has 0 aliphatic rings. The van der Waals surface area contributed by atoms with Crippen molar-refractivity contribution in [3.8, 4) is 0 Å². The topological polar surface area (TPSA) is 27.6 Å². The van der Waals surface area contributed by atoms with Crippen LogP contribution >= 0.6 is 0 Å². The molecule has 0 aliphatic carbocycles. The number of nitrogens with one attached hydrogen (secondary N) is 1. The van der Waals surface area contributed by atoms with E-state index in [0.29, 0.717) is 0 Å². The van der Waals surface area contributed by atoms with Gasteiger partial charge in [0, 0.05) is 32.7 Å². The smallest absolute Gasteiger partial charge is 0.0358 e. The summed E-state index contributed by atoms with van der Waals surface area (Å²) >= 11 is 0. The summed E-state index contributed by atoms with van der Waals surface area (Å²) in [5.74, 6) is 0. The second-order valence-corrected chi connectivity index (χ2v) is 2.13. The van der Waals surface area contributed by atoms with Gasteiger partial charge in [-0.05, 0) is 6.42 Å². The van der Waals surface area contributed by atoms with Gasteiger partial charge in [-0.15, -0.1) is 0 Å². The number of nitrogens with zero attached hydrogens (tertiary/aromatic N) is 2. The second-order valence-electron chi connectivity index (χ2n) is 2.13. The first kappa shape index (κ1) is 9.01. The van der Waals surface area contributed by atoms with Crippen LogP contribution in [0.5, 0.6) is 0 Å². The van der Waals surface area contributed by atoms with Gasteiger partial charge in [0.2, 0.25) is 0 Å². The third-order valence-corrected chi connectivity index (χ3v) is 0.796. The van der Waals surface area contributed by atoms with E-state index in [1.165, 1.54) is 0 Å². The highest BCUT2D eigenvalue weighted by atomic mass is 15.3. The van der Waals surface area contributed by atoms with Crippen molar-refractivity contribution in [2.24, 2.45) is 5.10 Å². The van der Waals surface area contributed by atoms with Gasteiger partial charge in [-0.3, -0.25) is 5.43 Å². The van der Waals surface area contributed by atoms with E-state index in [2.05, 4.69) is 10.5 Å². The van der Waals surface area contributed by atoms with Gasteiger partial charge in [0.25, 0.3) is 0 Å². The molecule has 10 heavy (non-hydrogen) atoms. The Balaban J connectivity index is 3.26. The van der Waals surface area contributed by atoms with Gasteiger partial charge in [0.1, 0.15) is 0 Å². The summed E-state index contributed by atoms with van der Waals surface area (Å²) in [6.07, 6.45) is 6.46. The predicted octanol–water partition coefficient (Wildman–Crippen LogP) is 1.00. The van der Waals surface area contributed by atoms with Gasteiger partial charge in [0.05, 0.1) is 0 Å². The molecule has 0 amide bonds. The van der Waals surface area contributed by atoms with Crippen molar-refractivity contribution in [3.05, 3.63) is 12.4 Å². The van der Waals surface area contributed by atoms with E-state index < -0.39 is 0 Å². The van der Waals surface area contributed by atoms with Crippen molar-refractivity contribution >= 4 is 6.21 Å². The molecular formula is C7H15N3. The molecule has 0 saturated carbocycles. The molecule has 58 valence electrons. The summed E-state index contributed by atoms with van der Waals surface area (Å²) in [6, 6.07) is 0. The van der Waals surface area contributed by atoms with Crippen LogP contribution in [0, 0.1) is 0 Å². The molecule has 0 saturated heterocycles. The fraction of sp³-hybridized carbons (Fsp3) is 0.571. The molecule has 0 atom stereocenters. The fourth-order valence-corrected chi connectivity index (χ4v) is 0.369. The predicted molar refractivity (Wildman–Crippen MR) is 44.7 cm³/mol. The average molecular weight is 141 g/mol. The number of hydrazone groups is 1. The maximum atomic E-state index is 3.87. The maximum absolute atomic E-state index is 3.87. The minimum Gasteiger partial charge on any atom is -0.382 e. The number of rotatable bonds is 4. The first-order valence-electron chi connectivity index (χ1n) is 3.37. The van der Waals surface area contributed by atoms with Crippen LogP contribution in [0.3, 0.4) is 0 Å². The third-order valence-electron chi connectivity index (χ3n) is 0.796. The zero-order valence-corrected chi connectivity index (χ0v) is 6.83. The van der Waals surface area contributed by atoms with Crippen molar-refractivity contribution < 1.29 is 0 Å². The quantitative estimate of drug-likeness (QED) is 0.467. The maximum Gasteiger partial charge on any atom is 0.0358 e. The van der Waals surface area contributed by atoms with Gasteiger partial charge in [0.15, 0.2) is 0 Å². The molecule has 1 N–H and O–H groups in total. The highest BCUT2D eigenvalue weighted by molar-refractivity contribution is 5.56. The van der Waals surface area contributed by atoms with Gasteiger partial charge in [-0.1, -0.05) is 6.92 Å². The van der Waals surface area contributed by atoms with Crippen LogP contribution in [0.2, 0.25) is 0 Å². The molecule has 0 unspecified atom stereocenters. The van der Waals surface area contributed by atoms with Crippen LogP contribution < -0.4 is 5.43 Å². The van der Waals surface area contributed by atoms with Crippen LogP contribution in [-0.4, -0.2) is 25.2 Å². The Kier molecular flexibility index (Phi) is 5.53. The van der Waals surface area contributed by atoms with Crippen molar-refractivity contribution in [1.82, 2.24) is 10.3 Å².